The van der Waals surface area contributed by atoms with Crippen LogP contribution in [0.3, 0.4) is 0 Å². The van der Waals surface area contributed by atoms with E-state index in [0.717, 1.165) is 21.1 Å². The predicted octanol–water partition coefficient (Wildman–Crippen LogP) is 4.49. The lowest BCUT2D eigenvalue weighted by Gasteiger charge is -2.10. The lowest BCUT2D eigenvalue weighted by molar-refractivity contribution is 0.502. The number of hydrogen-bond acceptors (Lipinski definition) is 3. The maximum Gasteiger partial charge on any atom is 0.197 e. The van der Waals surface area contributed by atoms with Crippen molar-refractivity contribution in [2.45, 2.75) is 12.5 Å². The van der Waals surface area contributed by atoms with Crippen molar-refractivity contribution in [1.29, 1.82) is 0 Å². The Morgan fingerprint density at radius 1 is 1.25 bits per heavy atom. The van der Waals surface area contributed by atoms with Gasteiger partial charge < -0.3 is 10.2 Å². The molecule has 5 heteroatoms. The minimum atomic E-state index is -0.200. The summed E-state index contributed by atoms with van der Waals surface area (Å²) in [5.41, 5.74) is 8.78. The number of halogens is 2. The first-order chi connectivity index (χ1) is 9.63. The van der Waals surface area contributed by atoms with Crippen LogP contribution in [0, 0.1) is 0 Å². The summed E-state index contributed by atoms with van der Waals surface area (Å²) in [6, 6.07) is 13.2. The highest BCUT2D eigenvalue weighted by molar-refractivity contribution is 9.10. The monoisotopic (exact) mass is 350 g/mol. The van der Waals surface area contributed by atoms with E-state index in [1.807, 2.05) is 42.5 Å². The summed E-state index contributed by atoms with van der Waals surface area (Å²) in [6.07, 6.45) is 0.534. The molecule has 3 aromatic rings. The van der Waals surface area contributed by atoms with E-state index in [2.05, 4.69) is 20.9 Å². The van der Waals surface area contributed by atoms with Crippen molar-refractivity contribution in [3.05, 3.63) is 63.4 Å². The number of aromatic nitrogens is 1. The molecule has 2 aromatic carbocycles. The van der Waals surface area contributed by atoms with Gasteiger partial charge in [-0.05, 0) is 45.8 Å². The minimum absolute atomic E-state index is 0.200. The van der Waals surface area contributed by atoms with E-state index in [0.29, 0.717) is 17.3 Å². The van der Waals surface area contributed by atoms with Crippen LogP contribution in [0.4, 0.5) is 0 Å². The zero-order valence-corrected chi connectivity index (χ0v) is 12.9. The van der Waals surface area contributed by atoms with Crippen molar-refractivity contribution in [2.75, 3.05) is 0 Å². The Balaban J connectivity index is 1.84. The number of benzene rings is 2. The Labute approximate surface area is 129 Å². The van der Waals surface area contributed by atoms with Gasteiger partial charge in [-0.3, -0.25) is 0 Å². The average Bonchev–Trinajstić information content (AvgIpc) is 2.83. The second-order valence-corrected chi connectivity index (χ2v) is 5.82. The molecule has 0 saturated carbocycles. The Hall–Kier alpha value is -1.36. The highest BCUT2D eigenvalue weighted by Gasteiger charge is 2.13. The molecule has 0 aliphatic heterocycles. The standard InChI is InChI=1S/C15H12BrClN2O/c16-10-6-5-9(7-11(10)17)12(18)8-15-19-13-3-1-2-4-14(13)20-15/h1-7,12H,8,18H2. The molecule has 0 radical (unpaired) electrons. The predicted molar refractivity (Wildman–Crippen MR) is 83.8 cm³/mol. The van der Waals surface area contributed by atoms with Crippen molar-refractivity contribution >= 4 is 38.6 Å². The van der Waals surface area contributed by atoms with Gasteiger partial charge in [0.2, 0.25) is 0 Å². The minimum Gasteiger partial charge on any atom is -0.441 e. The number of para-hydroxylation sites is 2. The summed E-state index contributed by atoms with van der Waals surface area (Å²) in [4.78, 5) is 4.43. The summed E-state index contributed by atoms with van der Waals surface area (Å²) in [6.45, 7) is 0. The molecular weight excluding hydrogens is 340 g/mol. The fourth-order valence-corrected chi connectivity index (χ4v) is 2.49. The molecule has 0 saturated heterocycles. The van der Waals surface area contributed by atoms with Crippen LogP contribution >= 0.6 is 27.5 Å². The van der Waals surface area contributed by atoms with Crippen molar-refractivity contribution in [2.24, 2.45) is 5.73 Å². The maximum atomic E-state index is 6.19. The Kier molecular flexibility index (Phi) is 3.78. The van der Waals surface area contributed by atoms with Crippen molar-refractivity contribution in [3.8, 4) is 0 Å². The normalized spacial score (nSPS) is 12.8. The molecule has 1 aromatic heterocycles. The molecule has 2 N–H and O–H groups in total. The fourth-order valence-electron chi connectivity index (χ4n) is 2.06. The second-order valence-electron chi connectivity index (χ2n) is 4.56. The van der Waals surface area contributed by atoms with Crippen LogP contribution < -0.4 is 5.73 Å². The van der Waals surface area contributed by atoms with Gasteiger partial charge in [0.05, 0.1) is 5.02 Å². The molecular formula is C15H12BrClN2O. The zero-order valence-electron chi connectivity index (χ0n) is 10.5. The first-order valence-corrected chi connectivity index (χ1v) is 7.35. The van der Waals surface area contributed by atoms with Crippen molar-refractivity contribution < 1.29 is 4.42 Å². The van der Waals surface area contributed by atoms with Gasteiger partial charge in [0.15, 0.2) is 11.5 Å². The second kappa shape index (κ2) is 5.56. The van der Waals surface area contributed by atoms with Gasteiger partial charge in [0, 0.05) is 16.9 Å². The van der Waals surface area contributed by atoms with E-state index in [1.165, 1.54) is 0 Å². The van der Waals surface area contributed by atoms with Gasteiger partial charge in [-0.2, -0.15) is 0 Å². The van der Waals surface area contributed by atoms with Gasteiger partial charge >= 0.3 is 0 Å². The van der Waals surface area contributed by atoms with E-state index < -0.39 is 0 Å². The molecule has 0 amide bonds. The third-order valence-electron chi connectivity index (χ3n) is 3.10. The molecule has 0 bridgehead atoms. The van der Waals surface area contributed by atoms with E-state index in [1.54, 1.807) is 0 Å². The molecule has 3 rings (SSSR count). The van der Waals surface area contributed by atoms with Crippen LogP contribution in [0.1, 0.15) is 17.5 Å². The summed E-state index contributed by atoms with van der Waals surface area (Å²) in [5.74, 6) is 0.637. The summed E-state index contributed by atoms with van der Waals surface area (Å²) in [5, 5.41) is 0.649. The zero-order chi connectivity index (χ0) is 14.1. The first kappa shape index (κ1) is 13.6. The summed E-state index contributed by atoms with van der Waals surface area (Å²) >= 11 is 9.45. The van der Waals surface area contributed by atoms with Crippen LogP contribution in [0.25, 0.3) is 11.1 Å². The van der Waals surface area contributed by atoms with Gasteiger partial charge in [0.25, 0.3) is 0 Å². The third kappa shape index (κ3) is 2.73. The number of fused-ring (bicyclic) bond motifs is 1. The van der Waals surface area contributed by atoms with Crippen molar-refractivity contribution in [1.82, 2.24) is 4.98 Å². The lowest BCUT2D eigenvalue weighted by Crippen LogP contribution is -2.13. The number of nitrogens with zero attached hydrogens (tertiary/aromatic N) is 1. The Morgan fingerprint density at radius 2 is 2.05 bits per heavy atom. The SMILES string of the molecule is NC(Cc1nc2ccccc2o1)c1ccc(Br)c(Cl)c1. The lowest BCUT2D eigenvalue weighted by atomic mass is 10.1. The number of hydrogen-bond donors (Lipinski definition) is 1. The average molecular weight is 352 g/mol. The maximum absolute atomic E-state index is 6.19. The largest absolute Gasteiger partial charge is 0.441 e. The Bertz CT molecular complexity index is 723. The molecule has 0 aliphatic rings. The topological polar surface area (TPSA) is 52.0 Å². The van der Waals surface area contributed by atoms with Crippen LogP contribution in [-0.2, 0) is 6.42 Å². The third-order valence-corrected chi connectivity index (χ3v) is 4.34. The van der Waals surface area contributed by atoms with Gasteiger partial charge in [0.1, 0.15) is 5.52 Å². The van der Waals surface area contributed by atoms with Crippen LogP contribution in [0.15, 0.2) is 51.4 Å². The number of oxazole rings is 1. The summed E-state index contributed by atoms with van der Waals surface area (Å²) < 4.78 is 6.54. The smallest absolute Gasteiger partial charge is 0.197 e. The first-order valence-electron chi connectivity index (χ1n) is 6.18. The summed E-state index contributed by atoms with van der Waals surface area (Å²) in [7, 11) is 0. The highest BCUT2D eigenvalue weighted by Crippen LogP contribution is 2.27. The molecule has 0 fully saturated rings. The quantitative estimate of drug-likeness (QED) is 0.756. The van der Waals surface area contributed by atoms with Gasteiger partial charge in [-0.1, -0.05) is 29.8 Å². The van der Waals surface area contributed by atoms with Crippen LogP contribution in [0.2, 0.25) is 5.02 Å². The van der Waals surface area contributed by atoms with Crippen molar-refractivity contribution in [3.63, 3.8) is 0 Å². The van der Waals surface area contributed by atoms with E-state index in [9.17, 15) is 0 Å². The van der Waals surface area contributed by atoms with E-state index in [-0.39, 0.29) is 6.04 Å². The fraction of sp³-hybridized carbons (Fsp3) is 0.133. The molecule has 102 valence electrons. The number of nitrogens with two attached hydrogens (primary N) is 1. The molecule has 0 aliphatic carbocycles. The molecule has 0 spiro atoms. The highest BCUT2D eigenvalue weighted by atomic mass is 79.9. The number of rotatable bonds is 3. The molecule has 1 heterocycles. The van der Waals surface area contributed by atoms with Gasteiger partial charge in [-0.25, -0.2) is 4.98 Å². The molecule has 1 unspecified atom stereocenters. The van der Waals surface area contributed by atoms with Crippen LogP contribution in [-0.4, -0.2) is 4.98 Å². The molecule has 3 nitrogen and oxygen atoms in total. The van der Waals surface area contributed by atoms with Crippen LogP contribution in [0.5, 0.6) is 0 Å². The Morgan fingerprint density at radius 3 is 2.80 bits per heavy atom. The molecule has 1 atom stereocenters. The van der Waals surface area contributed by atoms with Gasteiger partial charge in [-0.15, -0.1) is 0 Å². The van der Waals surface area contributed by atoms with E-state index in [4.69, 9.17) is 21.8 Å². The molecule has 20 heavy (non-hydrogen) atoms. The van der Waals surface area contributed by atoms with E-state index >= 15 is 0 Å².